The fraction of sp³-hybridized carbons (Fsp3) is 0. The molecule has 14 heavy (non-hydrogen) atoms. The van der Waals surface area contributed by atoms with E-state index in [4.69, 9.17) is 5.73 Å². The number of pyridine rings is 1. The average Bonchev–Trinajstić information content (AvgIpc) is 2.23. The van der Waals surface area contributed by atoms with Gasteiger partial charge >= 0.3 is 0 Å². The van der Waals surface area contributed by atoms with Crippen molar-refractivity contribution in [3.05, 3.63) is 42.6 Å². The Morgan fingerprint density at radius 3 is 2.86 bits per heavy atom. The van der Waals surface area contributed by atoms with Crippen LogP contribution in [0.2, 0.25) is 0 Å². The third kappa shape index (κ3) is 1.52. The second-order valence-electron chi connectivity index (χ2n) is 2.92. The minimum atomic E-state index is 0.00588. The molecule has 3 heteroatoms. The summed E-state index contributed by atoms with van der Waals surface area (Å²) < 4.78 is 0. The minimum absolute atomic E-state index is 0.00588. The van der Waals surface area contributed by atoms with E-state index < -0.39 is 0 Å². The van der Waals surface area contributed by atoms with Crippen molar-refractivity contribution in [2.24, 2.45) is 0 Å². The summed E-state index contributed by atoms with van der Waals surface area (Å²) >= 11 is 0. The van der Waals surface area contributed by atoms with Crippen molar-refractivity contribution >= 4 is 5.82 Å². The van der Waals surface area contributed by atoms with Crippen LogP contribution < -0.4 is 5.73 Å². The van der Waals surface area contributed by atoms with Gasteiger partial charge in [0, 0.05) is 11.8 Å². The van der Waals surface area contributed by atoms with E-state index >= 15 is 0 Å². The van der Waals surface area contributed by atoms with Gasteiger partial charge in [0.2, 0.25) is 0 Å². The fourth-order valence-electron chi connectivity index (χ4n) is 1.19. The molecule has 1 radical (unpaired) electrons. The summed E-state index contributed by atoms with van der Waals surface area (Å²) in [6.45, 7) is 0. The van der Waals surface area contributed by atoms with Gasteiger partial charge in [-0.15, -0.1) is 0 Å². The first kappa shape index (κ1) is 8.56. The molecule has 2 aromatic rings. The van der Waals surface area contributed by atoms with Crippen LogP contribution in [0.1, 0.15) is 0 Å². The van der Waals surface area contributed by atoms with Gasteiger partial charge in [-0.2, -0.15) is 0 Å². The molecular weight excluding hydrogens is 176 g/mol. The Hall–Kier alpha value is -2.03. The molecule has 0 aliphatic heterocycles. The molecule has 1 heterocycles. The van der Waals surface area contributed by atoms with Crippen LogP contribution in [0.4, 0.5) is 5.82 Å². The van der Waals surface area contributed by atoms with Gasteiger partial charge in [0.1, 0.15) is 0 Å². The highest BCUT2D eigenvalue weighted by molar-refractivity contribution is 5.66. The molecule has 0 aliphatic rings. The number of aromatic nitrogens is 1. The number of nitrogens with zero attached hydrogens (tertiary/aromatic N) is 1. The topological polar surface area (TPSA) is 59.1 Å². The van der Waals surface area contributed by atoms with Crippen LogP contribution in [-0.2, 0) is 0 Å². The predicted molar refractivity (Wildman–Crippen MR) is 54.6 cm³/mol. The highest BCUT2D eigenvalue weighted by Gasteiger charge is 2.01. The van der Waals surface area contributed by atoms with Gasteiger partial charge in [0.25, 0.3) is 0 Å². The number of benzene rings is 1. The third-order valence-corrected chi connectivity index (χ3v) is 1.94. The molecule has 0 fully saturated rings. The lowest BCUT2D eigenvalue weighted by molar-refractivity contribution is 0.476. The second-order valence-corrected chi connectivity index (χ2v) is 2.92. The number of hydrogen-bond donors (Lipinski definition) is 2. The fourth-order valence-corrected chi connectivity index (χ4v) is 1.19. The summed E-state index contributed by atoms with van der Waals surface area (Å²) in [7, 11) is 0. The number of rotatable bonds is 1. The first-order valence-corrected chi connectivity index (χ1v) is 4.18. The predicted octanol–water partition coefficient (Wildman–Crippen LogP) is 1.84. The molecule has 0 bridgehead atoms. The molecular formula is C11H9N2O. The van der Waals surface area contributed by atoms with Crippen LogP contribution in [0.5, 0.6) is 5.75 Å². The van der Waals surface area contributed by atoms with Crippen LogP contribution in [-0.4, -0.2) is 10.1 Å². The summed E-state index contributed by atoms with van der Waals surface area (Å²) in [5.41, 5.74) is 7.18. The van der Waals surface area contributed by atoms with E-state index in [1.807, 2.05) is 24.3 Å². The largest absolute Gasteiger partial charge is 0.504 e. The first-order valence-electron chi connectivity index (χ1n) is 4.18. The van der Waals surface area contributed by atoms with E-state index in [1.165, 1.54) is 0 Å². The van der Waals surface area contributed by atoms with Crippen LogP contribution in [0.15, 0.2) is 36.5 Å². The molecule has 0 amide bonds. The average molecular weight is 185 g/mol. The summed E-state index contributed by atoms with van der Waals surface area (Å²) in [5, 5.41) is 9.36. The lowest BCUT2D eigenvalue weighted by atomic mass is 10.1. The van der Waals surface area contributed by atoms with Crippen LogP contribution in [0, 0.1) is 6.07 Å². The Bertz CT molecular complexity index is 440. The minimum Gasteiger partial charge on any atom is -0.504 e. The molecule has 0 spiro atoms. The zero-order chi connectivity index (χ0) is 9.97. The number of anilines is 1. The van der Waals surface area contributed by atoms with Gasteiger partial charge in [-0.25, -0.2) is 4.98 Å². The SMILES string of the molecule is Nc1ncc(-c2c[c]ccc2)cc1O. The van der Waals surface area contributed by atoms with Crippen LogP contribution in [0.25, 0.3) is 11.1 Å². The molecule has 1 aromatic carbocycles. The Balaban J connectivity index is 2.48. The highest BCUT2D eigenvalue weighted by Crippen LogP contribution is 2.25. The molecule has 0 atom stereocenters. The molecule has 0 unspecified atom stereocenters. The van der Waals surface area contributed by atoms with Crippen molar-refractivity contribution in [3.8, 4) is 16.9 Å². The quantitative estimate of drug-likeness (QED) is 0.712. The number of hydrogen-bond acceptors (Lipinski definition) is 3. The molecule has 69 valence electrons. The molecule has 0 saturated carbocycles. The normalized spacial score (nSPS) is 10.0. The van der Waals surface area contributed by atoms with Crippen molar-refractivity contribution in [1.82, 2.24) is 4.98 Å². The zero-order valence-corrected chi connectivity index (χ0v) is 7.44. The molecule has 3 nitrogen and oxygen atoms in total. The lowest BCUT2D eigenvalue weighted by Crippen LogP contribution is -1.90. The number of nitrogens with two attached hydrogens (primary N) is 1. The maximum absolute atomic E-state index is 9.36. The van der Waals surface area contributed by atoms with E-state index in [9.17, 15) is 5.11 Å². The summed E-state index contributed by atoms with van der Waals surface area (Å²) in [4.78, 5) is 3.87. The summed E-state index contributed by atoms with van der Waals surface area (Å²) in [5.74, 6) is 0.153. The van der Waals surface area contributed by atoms with Gasteiger partial charge in [0.05, 0.1) is 0 Å². The van der Waals surface area contributed by atoms with Gasteiger partial charge in [-0.05, 0) is 23.8 Å². The number of aromatic hydroxyl groups is 1. The molecule has 3 N–H and O–H groups in total. The molecule has 1 aromatic heterocycles. The van der Waals surface area contributed by atoms with E-state index in [0.29, 0.717) is 0 Å². The Kier molecular flexibility index (Phi) is 2.07. The van der Waals surface area contributed by atoms with Gasteiger partial charge < -0.3 is 10.8 Å². The monoisotopic (exact) mass is 185 g/mol. The Labute approximate surface area is 81.8 Å². The summed E-state index contributed by atoms with van der Waals surface area (Å²) in [6, 6.07) is 12.0. The van der Waals surface area contributed by atoms with Gasteiger partial charge in [-0.3, -0.25) is 0 Å². The lowest BCUT2D eigenvalue weighted by Gasteiger charge is -2.02. The summed E-state index contributed by atoms with van der Waals surface area (Å²) in [6.07, 6.45) is 1.62. The smallest absolute Gasteiger partial charge is 0.165 e. The van der Waals surface area contributed by atoms with Crippen molar-refractivity contribution in [2.45, 2.75) is 0 Å². The Morgan fingerprint density at radius 2 is 2.21 bits per heavy atom. The first-order chi connectivity index (χ1) is 6.77. The zero-order valence-electron chi connectivity index (χ0n) is 7.44. The van der Waals surface area contributed by atoms with Crippen molar-refractivity contribution in [1.29, 1.82) is 0 Å². The highest BCUT2D eigenvalue weighted by atomic mass is 16.3. The molecule has 0 saturated heterocycles. The van der Waals surface area contributed by atoms with E-state index in [1.54, 1.807) is 12.3 Å². The van der Waals surface area contributed by atoms with E-state index in [-0.39, 0.29) is 11.6 Å². The van der Waals surface area contributed by atoms with E-state index in [2.05, 4.69) is 11.1 Å². The maximum atomic E-state index is 9.36. The van der Waals surface area contributed by atoms with Gasteiger partial charge in [0.15, 0.2) is 11.6 Å². The number of nitrogen functional groups attached to an aromatic ring is 1. The van der Waals surface area contributed by atoms with Gasteiger partial charge in [-0.1, -0.05) is 18.2 Å². The van der Waals surface area contributed by atoms with Crippen LogP contribution >= 0.6 is 0 Å². The Morgan fingerprint density at radius 1 is 1.36 bits per heavy atom. The van der Waals surface area contributed by atoms with Crippen LogP contribution in [0.3, 0.4) is 0 Å². The second kappa shape index (κ2) is 3.38. The van der Waals surface area contributed by atoms with E-state index in [0.717, 1.165) is 11.1 Å². The van der Waals surface area contributed by atoms with Crippen molar-refractivity contribution < 1.29 is 5.11 Å². The molecule has 0 aliphatic carbocycles. The van der Waals surface area contributed by atoms with Crippen molar-refractivity contribution in [3.63, 3.8) is 0 Å². The maximum Gasteiger partial charge on any atom is 0.165 e. The molecule has 2 rings (SSSR count). The third-order valence-electron chi connectivity index (χ3n) is 1.94. The standard InChI is InChI=1S/C11H9N2O/c12-11-10(14)6-9(7-13-11)8-4-2-1-3-5-8/h1-2,4-7,14H,(H2,12,13). The van der Waals surface area contributed by atoms with Crippen molar-refractivity contribution in [2.75, 3.05) is 5.73 Å².